The van der Waals surface area contributed by atoms with E-state index in [0.717, 1.165) is 38.1 Å². The molecule has 0 spiro atoms. The summed E-state index contributed by atoms with van der Waals surface area (Å²) in [6.07, 6.45) is 4.31. The van der Waals surface area contributed by atoms with Gasteiger partial charge < -0.3 is 9.47 Å². The van der Waals surface area contributed by atoms with Crippen molar-refractivity contribution in [2.45, 2.75) is 25.8 Å². The van der Waals surface area contributed by atoms with Crippen molar-refractivity contribution >= 4 is 23.0 Å². The Kier molecular flexibility index (Phi) is 6.29. The molecule has 1 atom stereocenters. The van der Waals surface area contributed by atoms with Crippen LogP contribution in [0.4, 0.5) is 13.2 Å². The lowest BCUT2D eigenvalue weighted by atomic mass is 10.0. The number of fused-ring (bicyclic) bond motifs is 1. The molecule has 3 aromatic rings. The molecule has 0 bridgehead atoms. The molecule has 0 saturated carbocycles. The molecule has 1 fully saturated rings. The lowest BCUT2D eigenvalue weighted by Gasteiger charge is -2.33. The Labute approximate surface area is 182 Å². The summed E-state index contributed by atoms with van der Waals surface area (Å²) in [5, 5.41) is 8.65. The quantitative estimate of drug-likeness (QED) is 0.267. The first-order chi connectivity index (χ1) is 15.4. The van der Waals surface area contributed by atoms with Gasteiger partial charge in [0.2, 0.25) is 0 Å². The first-order valence-electron chi connectivity index (χ1n) is 10.4. The number of nitrogens with zero attached hydrogens (tertiary/aromatic N) is 3. The smallest absolute Gasteiger partial charge is 0.267 e. The molecule has 2 heterocycles. The molecule has 2 aromatic carbocycles. The summed E-state index contributed by atoms with van der Waals surface area (Å²) in [4.78, 5) is 18.0. The van der Waals surface area contributed by atoms with E-state index in [1.807, 2.05) is 6.92 Å². The van der Waals surface area contributed by atoms with E-state index >= 15 is 0 Å². The fourth-order valence-electron chi connectivity index (χ4n) is 4.24. The number of benzene rings is 2. The van der Waals surface area contributed by atoms with Crippen molar-refractivity contribution in [2.24, 2.45) is 0 Å². The van der Waals surface area contributed by atoms with E-state index in [2.05, 4.69) is 9.88 Å². The monoisotopic (exact) mass is 444 g/mol. The maximum absolute atomic E-state index is 14.9. The standard InChI is InChI=1S/C23H23F3N4O2/c1-2-29-10-4-7-16(13-29)30-22-18(12-17(24)20(25)21(22)26)27-23(30)15-6-3-5-14(11-15)8-9-19(31)28-32/h3,5-6,8-9,11-12,16,32H,2,4,7,10,13H2,1H3,(H,28,31)/t16-/m1/s1. The summed E-state index contributed by atoms with van der Waals surface area (Å²) in [7, 11) is 0. The Balaban J connectivity index is 1.89. The van der Waals surface area contributed by atoms with Crippen molar-refractivity contribution in [1.29, 1.82) is 0 Å². The van der Waals surface area contributed by atoms with E-state index in [4.69, 9.17) is 5.21 Å². The molecule has 1 aliphatic heterocycles. The molecular weight excluding hydrogens is 421 g/mol. The summed E-state index contributed by atoms with van der Waals surface area (Å²) >= 11 is 0. The SMILES string of the molecule is CCN1CCC[C@@H](n2c(-c3cccc(C=CC(=O)NO)c3)nc3cc(F)c(F)c(F)c32)C1. The van der Waals surface area contributed by atoms with E-state index in [9.17, 15) is 18.0 Å². The molecule has 0 aliphatic carbocycles. The third-order valence-corrected chi connectivity index (χ3v) is 5.79. The molecule has 1 amide bonds. The summed E-state index contributed by atoms with van der Waals surface area (Å²) in [5.41, 5.74) is 2.76. The molecule has 4 rings (SSSR count). The lowest BCUT2D eigenvalue weighted by Crippen LogP contribution is -2.36. The molecule has 0 radical (unpaired) electrons. The van der Waals surface area contributed by atoms with E-state index in [-0.39, 0.29) is 17.1 Å². The zero-order valence-electron chi connectivity index (χ0n) is 17.5. The molecule has 168 valence electrons. The van der Waals surface area contributed by atoms with Crippen molar-refractivity contribution in [3.8, 4) is 11.4 Å². The highest BCUT2D eigenvalue weighted by molar-refractivity contribution is 5.91. The molecule has 1 aromatic heterocycles. The Morgan fingerprint density at radius 1 is 1.28 bits per heavy atom. The number of amides is 1. The minimum Gasteiger partial charge on any atom is -0.317 e. The van der Waals surface area contributed by atoms with Crippen molar-refractivity contribution in [2.75, 3.05) is 19.6 Å². The molecule has 1 aliphatic rings. The van der Waals surface area contributed by atoms with Gasteiger partial charge in [0.15, 0.2) is 17.5 Å². The second-order valence-electron chi connectivity index (χ2n) is 7.78. The highest BCUT2D eigenvalue weighted by Gasteiger charge is 2.28. The molecular formula is C23H23F3N4O2. The number of piperidine rings is 1. The Bertz CT molecular complexity index is 1190. The molecule has 1 saturated heterocycles. The number of hydrogen-bond donors (Lipinski definition) is 2. The second kappa shape index (κ2) is 9.13. The number of imidazole rings is 1. The minimum atomic E-state index is -1.51. The van der Waals surface area contributed by atoms with Gasteiger partial charge in [-0.15, -0.1) is 0 Å². The van der Waals surface area contributed by atoms with Gasteiger partial charge in [-0.1, -0.05) is 25.1 Å². The predicted molar refractivity (Wildman–Crippen MR) is 114 cm³/mol. The number of hydroxylamine groups is 1. The van der Waals surface area contributed by atoms with Gasteiger partial charge in [0.25, 0.3) is 5.91 Å². The number of carbonyl (C=O) groups is 1. The van der Waals surface area contributed by atoms with Crippen LogP contribution in [0.5, 0.6) is 0 Å². The van der Waals surface area contributed by atoms with Crippen LogP contribution >= 0.6 is 0 Å². The zero-order valence-corrected chi connectivity index (χ0v) is 17.5. The van der Waals surface area contributed by atoms with Gasteiger partial charge in [0, 0.05) is 30.3 Å². The predicted octanol–water partition coefficient (Wildman–Crippen LogP) is 4.30. The first-order valence-corrected chi connectivity index (χ1v) is 10.4. The van der Waals surface area contributed by atoms with Gasteiger partial charge in [0.1, 0.15) is 11.3 Å². The summed E-state index contributed by atoms with van der Waals surface area (Å²) in [6.45, 7) is 4.44. The molecule has 0 unspecified atom stereocenters. The minimum absolute atomic E-state index is 0.0469. The average Bonchev–Trinajstić information content (AvgIpc) is 3.20. The maximum Gasteiger partial charge on any atom is 0.267 e. The Morgan fingerprint density at radius 2 is 2.09 bits per heavy atom. The van der Waals surface area contributed by atoms with Gasteiger partial charge in [-0.3, -0.25) is 10.0 Å². The number of hydrogen-bond acceptors (Lipinski definition) is 4. The topological polar surface area (TPSA) is 70.4 Å². The number of carbonyl (C=O) groups excluding carboxylic acids is 1. The van der Waals surface area contributed by atoms with E-state index in [1.165, 1.54) is 11.6 Å². The highest BCUT2D eigenvalue weighted by atomic mass is 19.2. The van der Waals surface area contributed by atoms with Gasteiger partial charge in [0.05, 0.1) is 5.52 Å². The number of nitrogens with one attached hydrogen (secondary N) is 1. The van der Waals surface area contributed by atoms with Gasteiger partial charge in [-0.25, -0.2) is 23.6 Å². The van der Waals surface area contributed by atoms with Crippen LogP contribution in [0.1, 0.15) is 31.4 Å². The summed E-state index contributed by atoms with van der Waals surface area (Å²) < 4.78 is 44.7. The van der Waals surface area contributed by atoms with Crippen molar-refractivity contribution in [3.63, 3.8) is 0 Å². The van der Waals surface area contributed by atoms with Crippen molar-refractivity contribution in [1.82, 2.24) is 19.9 Å². The van der Waals surface area contributed by atoms with Gasteiger partial charge >= 0.3 is 0 Å². The van der Waals surface area contributed by atoms with E-state index in [0.29, 0.717) is 23.5 Å². The molecule has 9 heteroatoms. The van der Waals surface area contributed by atoms with Crippen LogP contribution in [-0.4, -0.2) is 45.2 Å². The maximum atomic E-state index is 14.9. The number of likely N-dealkylation sites (N-methyl/N-ethyl adjacent to an activating group) is 1. The third-order valence-electron chi connectivity index (χ3n) is 5.79. The van der Waals surface area contributed by atoms with Crippen LogP contribution < -0.4 is 5.48 Å². The van der Waals surface area contributed by atoms with E-state index in [1.54, 1.807) is 28.8 Å². The molecule has 32 heavy (non-hydrogen) atoms. The number of rotatable bonds is 5. The normalized spacial score (nSPS) is 17.3. The fraction of sp³-hybridized carbons (Fsp3) is 0.304. The largest absolute Gasteiger partial charge is 0.317 e. The van der Waals surface area contributed by atoms with Crippen LogP contribution in [0.2, 0.25) is 0 Å². The Hall–Kier alpha value is -3.17. The molecule has 2 N–H and O–H groups in total. The van der Waals surface area contributed by atoms with Crippen LogP contribution in [0.3, 0.4) is 0 Å². The third kappa shape index (κ3) is 4.13. The zero-order chi connectivity index (χ0) is 22.8. The van der Waals surface area contributed by atoms with Crippen molar-refractivity contribution in [3.05, 3.63) is 59.4 Å². The molecule has 6 nitrogen and oxygen atoms in total. The number of aromatic nitrogens is 2. The average molecular weight is 444 g/mol. The summed E-state index contributed by atoms with van der Waals surface area (Å²) in [6, 6.07) is 7.76. The van der Waals surface area contributed by atoms with Gasteiger partial charge in [-0.2, -0.15) is 0 Å². The van der Waals surface area contributed by atoms with Gasteiger partial charge in [-0.05, 0) is 43.6 Å². The Morgan fingerprint density at radius 3 is 2.84 bits per heavy atom. The number of likely N-dealkylation sites (tertiary alicyclic amines) is 1. The summed E-state index contributed by atoms with van der Waals surface area (Å²) in [5.74, 6) is -4.33. The highest BCUT2D eigenvalue weighted by Crippen LogP contribution is 2.35. The lowest BCUT2D eigenvalue weighted by molar-refractivity contribution is -0.124. The number of halogens is 3. The fourth-order valence-corrected chi connectivity index (χ4v) is 4.24. The van der Waals surface area contributed by atoms with Crippen LogP contribution in [0, 0.1) is 17.5 Å². The second-order valence-corrected chi connectivity index (χ2v) is 7.78. The van der Waals surface area contributed by atoms with Crippen molar-refractivity contribution < 1.29 is 23.2 Å². The van der Waals surface area contributed by atoms with E-state index < -0.39 is 23.4 Å². The van der Waals surface area contributed by atoms with Crippen LogP contribution in [-0.2, 0) is 4.79 Å². The van der Waals surface area contributed by atoms with Crippen LogP contribution in [0.25, 0.3) is 28.5 Å². The first kappa shape index (κ1) is 22.0. The van der Waals surface area contributed by atoms with Crippen LogP contribution in [0.15, 0.2) is 36.4 Å².